The summed E-state index contributed by atoms with van der Waals surface area (Å²) in [5.74, 6) is -0.921. The maximum atomic E-state index is 12.4. The van der Waals surface area contributed by atoms with Crippen molar-refractivity contribution in [3.63, 3.8) is 0 Å². The average Bonchev–Trinajstić information content (AvgIpc) is 2.68. The van der Waals surface area contributed by atoms with Gasteiger partial charge in [-0.3, -0.25) is 0 Å². The van der Waals surface area contributed by atoms with E-state index in [2.05, 4.69) is 30.0 Å². The van der Waals surface area contributed by atoms with Gasteiger partial charge in [0.1, 0.15) is 0 Å². The van der Waals surface area contributed by atoms with Gasteiger partial charge in [0, 0.05) is 0 Å². The Hall–Kier alpha value is -1.84. The molecule has 1 atom stereocenters. The van der Waals surface area contributed by atoms with Gasteiger partial charge in [-0.25, -0.2) is 0 Å². The molecule has 0 heterocycles. The summed E-state index contributed by atoms with van der Waals surface area (Å²) in [6.45, 7) is 9.55. The van der Waals surface area contributed by atoms with E-state index in [0.717, 1.165) is 22.3 Å². The predicted molar refractivity (Wildman–Crippen MR) is 133 cm³/mol. The summed E-state index contributed by atoms with van der Waals surface area (Å²) >= 11 is 2.26. The molecule has 0 bridgehead atoms. The fraction of sp³-hybridized carbons (Fsp3) is 0.250. The van der Waals surface area contributed by atoms with E-state index < -0.39 is 10.2 Å². The Morgan fingerprint density at radius 2 is 1.74 bits per heavy atom. The Morgan fingerprint density at radius 3 is 2.29 bits per heavy atom. The normalized spacial score (nSPS) is 12.0. The number of carbonyl (C=O) groups excluding carboxylic acids is 1. The number of benzene rings is 2. The van der Waals surface area contributed by atoms with Crippen molar-refractivity contribution in [2.24, 2.45) is 5.73 Å². The summed E-state index contributed by atoms with van der Waals surface area (Å²) in [7, 11) is 0. The minimum Gasteiger partial charge on any atom is -0.147 e. The molecule has 166 valence electrons. The monoisotopic (exact) mass is 523 g/mol. The van der Waals surface area contributed by atoms with Gasteiger partial charge < -0.3 is 0 Å². The quantitative estimate of drug-likeness (QED) is 0.270. The van der Waals surface area contributed by atoms with Crippen LogP contribution in [-0.4, -0.2) is 40.3 Å². The maximum absolute atomic E-state index is 12.4. The Labute approximate surface area is 205 Å². The summed E-state index contributed by atoms with van der Waals surface area (Å²) in [6, 6.07) is 11.4. The van der Waals surface area contributed by atoms with Crippen molar-refractivity contribution in [3.8, 4) is 11.1 Å². The van der Waals surface area contributed by atoms with Gasteiger partial charge in [0.25, 0.3) is 0 Å². The van der Waals surface area contributed by atoms with Crippen molar-refractivity contribution in [1.29, 1.82) is 0 Å². The van der Waals surface area contributed by atoms with Gasteiger partial charge in [0.15, 0.2) is 0 Å². The van der Waals surface area contributed by atoms with Crippen LogP contribution in [0.4, 0.5) is 0 Å². The zero-order chi connectivity index (χ0) is 21.6. The number of carbonyl (C=O) groups is 2. The zero-order valence-corrected chi connectivity index (χ0v) is 21.0. The number of carboxylic acid groups (broad SMARTS) is 1. The number of rotatable bonds is 10. The second-order valence-electron chi connectivity index (χ2n) is 7.08. The van der Waals surface area contributed by atoms with Gasteiger partial charge in [-0.2, -0.15) is 0 Å². The third kappa shape index (κ3) is 6.82. The van der Waals surface area contributed by atoms with Crippen molar-refractivity contribution >= 4 is 53.4 Å². The van der Waals surface area contributed by atoms with Crippen molar-refractivity contribution in [3.05, 3.63) is 84.0 Å². The number of nitrogens with two attached hydrogens (primary N) is 1. The Morgan fingerprint density at radius 1 is 1.10 bits per heavy atom. The maximum Gasteiger partial charge on any atom is -0.147 e. The zero-order valence-electron chi connectivity index (χ0n) is 17.5. The van der Waals surface area contributed by atoms with Crippen LogP contribution in [0.3, 0.4) is 0 Å². The van der Waals surface area contributed by atoms with Gasteiger partial charge >= 0.3 is 181 Å². The minimum absolute atomic E-state index is 0. The topological polar surface area (TPSA) is 80.4 Å². The van der Waals surface area contributed by atoms with Crippen LogP contribution in [0.5, 0.6) is 0 Å². The SMILES string of the molecule is C=CCc1ccc(C(C)([As])C(=O)O)c(-c2ccc(C(=O)CCN)c(CC=C)c2)c1.Cl.Cl. The molecule has 0 saturated carbocycles. The molecule has 0 saturated heterocycles. The van der Waals surface area contributed by atoms with Crippen LogP contribution in [0, 0.1) is 0 Å². The number of hydrogen-bond donors (Lipinski definition) is 2. The van der Waals surface area contributed by atoms with Crippen LogP contribution < -0.4 is 5.73 Å². The fourth-order valence-electron chi connectivity index (χ4n) is 3.29. The molecule has 7 heteroatoms. The smallest absolute Gasteiger partial charge is 0.147 e. The molecule has 0 amide bonds. The molecule has 2 rings (SSSR count). The molecule has 0 aromatic heterocycles. The molecule has 2 aromatic rings. The van der Waals surface area contributed by atoms with E-state index in [1.54, 1.807) is 19.1 Å². The molecule has 31 heavy (non-hydrogen) atoms. The molecule has 0 aliphatic heterocycles. The third-order valence-corrected chi connectivity index (χ3v) is 5.76. The number of hydrogen-bond acceptors (Lipinski definition) is 3. The number of halogens is 2. The Bertz CT molecular complexity index is 958. The van der Waals surface area contributed by atoms with Crippen molar-refractivity contribution in [2.75, 3.05) is 6.54 Å². The first-order chi connectivity index (χ1) is 13.8. The Kier molecular flexibility index (Phi) is 12.1. The molecule has 0 fully saturated rings. The molecule has 3 N–H and O–H groups in total. The third-order valence-electron chi connectivity index (χ3n) is 4.86. The van der Waals surface area contributed by atoms with Crippen LogP contribution in [0.15, 0.2) is 61.7 Å². The summed E-state index contributed by atoms with van der Waals surface area (Å²) in [5, 5.41) is 9.75. The van der Waals surface area contributed by atoms with Gasteiger partial charge in [0.05, 0.1) is 0 Å². The van der Waals surface area contributed by atoms with Crippen molar-refractivity contribution in [2.45, 2.75) is 30.4 Å². The number of allylic oxidation sites excluding steroid dienone is 2. The molecule has 0 spiro atoms. The van der Waals surface area contributed by atoms with Crippen LogP contribution in [0.1, 0.15) is 40.4 Å². The van der Waals surface area contributed by atoms with Crippen LogP contribution in [0.25, 0.3) is 11.1 Å². The van der Waals surface area contributed by atoms with E-state index >= 15 is 0 Å². The molecule has 0 aliphatic carbocycles. The summed E-state index contributed by atoms with van der Waals surface area (Å²) in [5.41, 5.74) is 10.5. The van der Waals surface area contributed by atoms with E-state index in [1.165, 1.54) is 0 Å². The van der Waals surface area contributed by atoms with Crippen molar-refractivity contribution in [1.82, 2.24) is 0 Å². The second kappa shape index (κ2) is 12.9. The minimum atomic E-state index is -1.12. The molecule has 2 radical (unpaired) electrons. The number of aliphatic carboxylic acids is 1. The Balaban J connectivity index is 0.00000450. The van der Waals surface area contributed by atoms with Gasteiger partial charge in [-0.05, 0) is 0 Å². The number of carboxylic acids is 1. The van der Waals surface area contributed by atoms with E-state index in [9.17, 15) is 14.7 Å². The van der Waals surface area contributed by atoms with Gasteiger partial charge in [0.2, 0.25) is 0 Å². The summed E-state index contributed by atoms with van der Waals surface area (Å²) in [4.78, 5) is 24.3. The van der Waals surface area contributed by atoms with Crippen LogP contribution in [-0.2, 0) is 21.8 Å². The van der Waals surface area contributed by atoms with E-state index in [0.29, 0.717) is 30.5 Å². The number of ketones is 1. The second-order valence-corrected chi connectivity index (χ2v) is 8.95. The molecular weight excluding hydrogens is 496 g/mol. The first kappa shape index (κ1) is 29.2. The van der Waals surface area contributed by atoms with E-state index in [1.807, 2.05) is 36.4 Å². The molecule has 4 nitrogen and oxygen atoms in total. The molecule has 1 unspecified atom stereocenters. The average molecular weight is 524 g/mol. The number of Topliss-reactive ketones (excluding diaryl/α,β-unsaturated/α-hetero) is 1. The standard InChI is InChI=1S/C24H26AsNO3.2ClH/c1-4-6-16-8-11-21(24(3,25)23(28)29)20(14-16)18-9-10-19(22(27)12-13-26)17(15-18)7-5-2;;/h4-5,8-11,14-15H,1-2,6-7,12-13,26H2,3H3,(H,28,29);2*1H. The fourth-order valence-corrected chi connectivity index (χ4v) is 3.70. The van der Waals surface area contributed by atoms with Gasteiger partial charge in [-0.1, -0.05) is 0 Å². The summed E-state index contributed by atoms with van der Waals surface area (Å²) in [6.07, 6.45) is 5.08. The largest absolute Gasteiger partial charge is 0.147 e. The molecule has 2 aromatic carbocycles. The van der Waals surface area contributed by atoms with E-state index in [4.69, 9.17) is 5.73 Å². The van der Waals surface area contributed by atoms with Crippen LogP contribution >= 0.6 is 24.8 Å². The summed E-state index contributed by atoms with van der Waals surface area (Å²) < 4.78 is -1.12. The molecule has 0 aliphatic rings. The van der Waals surface area contributed by atoms with Crippen molar-refractivity contribution < 1.29 is 14.7 Å². The van der Waals surface area contributed by atoms with Gasteiger partial charge in [-0.15, -0.1) is 24.8 Å². The first-order valence-corrected chi connectivity index (χ1v) is 10.4. The predicted octanol–water partition coefficient (Wildman–Crippen LogP) is 4.65. The first-order valence-electron chi connectivity index (χ1n) is 9.43. The van der Waals surface area contributed by atoms with Crippen LogP contribution in [0.2, 0.25) is 0 Å². The molecular formula is C24H28AsCl2NO3. The van der Waals surface area contributed by atoms with E-state index in [-0.39, 0.29) is 37.0 Å².